The predicted molar refractivity (Wildman–Crippen MR) is 180 cm³/mol. The van der Waals surface area contributed by atoms with E-state index in [-0.39, 0.29) is 12.8 Å². The van der Waals surface area contributed by atoms with Crippen molar-refractivity contribution in [1.29, 1.82) is 0 Å². The van der Waals surface area contributed by atoms with Gasteiger partial charge in [0.1, 0.15) is 12.7 Å². The second kappa shape index (κ2) is 30.3. The molecule has 0 fully saturated rings. The van der Waals surface area contributed by atoms with Crippen LogP contribution in [0, 0.1) is 0 Å². The van der Waals surface area contributed by atoms with Gasteiger partial charge in [0.15, 0.2) is 6.04 Å². The quantitative estimate of drug-likeness (QED) is 0.0242. The Bertz CT molecular complexity index is 895. The molecule has 0 aliphatic rings. The van der Waals surface area contributed by atoms with Gasteiger partial charge in [-0.15, -0.1) is 0 Å². The topological polar surface area (TPSA) is 169 Å². The fourth-order valence-electron chi connectivity index (χ4n) is 4.51. The van der Waals surface area contributed by atoms with Crippen molar-refractivity contribution in [3.8, 4) is 0 Å². The van der Waals surface area contributed by atoms with Crippen LogP contribution in [0.2, 0.25) is 0 Å². The fourth-order valence-corrected chi connectivity index (χ4v) is 5.28. The summed E-state index contributed by atoms with van der Waals surface area (Å²) in [5, 5.41) is 21.2. The molecule has 3 unspecified atom stereocenters. The highest BCUT2D eigenvalue weighted by Gasteiger charge is 2.28. The molecule has 4 N–H and O–H groups in total. The summed E-state index contributed by atoms with van der Waals surface area (Å²) >= 11 is 0. The van der Waals surface area contributed by atoms with Crippen LogP contribution in [-0.2, 0) is 32.7 Å². The summed E-state index contributed by atoms with van der Waals surface area (Å²) < 4.78 is 26.3. The smallest absolute Gasteiger partial charge is 0.472 e. The number of carbonyl (C=O) groups excluding carboxylic acids is 2. The van der Waals surface area contributed by atoms with Gasteiger partial charge in [0, 0.05) is 12.8 Å². The third kappa shape index (κ3) is 29.4. The number of phosphoric acid groups is 1. The molecule has 12 heteroatoms. The van der Waals surface area contributed by atoms with E-state index in [1.165, 1.54) is 77.0 Å². The van der Waals surface area contributed by atoms with Gasteiger partial charge >= 0.3 is 19.8 Å². The predicted octanol–water partition coefficient (Wildman–Crippen LogP) is 7.55. The first-order valence-corrected chi connectivity index (χ1v) is 18.9. The fraction of sp³-hybridized carbons (Fsp3) is 0.794. The van der Waals surface area contributed by atoms with E-state index in [9.17, 15) is 28.9 Å². The number of aliphatic carboxylic acids is 1. The monoisotopic (exact) mass is 675 g/mol. The molecule has 3 atom stereocenters. The molecule has 0 saturated carbocycles. The molecule has 46 heavy (non-hydrogen) atoms. The van der Waals surface area contributed by atoms with Crippen LogP contribution < -0.4 is 5.32 Å². The lowest BCUT2D eigenvalue weighted by Gasteiger charge is -2.18. The van der Waals surface area contributed by atoms with Gasteiger partial charge < -0.3 is 25.2 Å². The van der Waals surface area contributed by atoms with Gasteiger partial charge in [-0.05, 0) is 44.9 Å². The van der Waals surface area contributed by atoms with Gasteiger partial charge in [0.2, 0.25) is 5.91 Å². The second-order valence-electron chi connectivity index (χ2n) is 11.7. The molecule has 0 saturated heterocycles. The third-order valence-electron chi connectivity index (χ3n) is 7.21. The number of carboxylic acid groups (broad SMARTS) is 1. The lowest BCUT2D eigenvalue weighted by atomic mass is 10.0. The molecule has 0 aliphatic heterocycles. The number of unbranched alkanes of at least 4 members (excludes halogenated alkanes) is 14. The first kappa shape index (κ1) is 44.0. The summed E-state index contributed by atoms with van der Waals surface area (Å²) in [5.74, 6) is -2.45. The van der Waals surface area contributed by atoms with Crippen molar-refractivity contribution in [3.05, 3.63) is 24.3 Å². The lowest BCUT2D eigenvalue weighted by Crippen LogP contribution is -2.43. The molecule has 268 valence electrons. The molecular formula is C34H62NO10P. The molecular weight excluding hydrogens is 613 g/mol. The maximum atomic E-state index is 12.0. The zero-order chi connectivity index (χ0) is 34.3. The largest absolute Gasteiger partial charge is 0.480 e. The Morgan fingerprint density at radius 3 is 1.76 bits per heavy atom. The molecule has 1 amide bonds. The summed E-state index contributed by atoms with van der Waals surface area (Å²) in [6.07, 6.45) is 28.6. The number of aliphatic hydroxyl groups excluding tert-OH is 1. The van der Waals surface area contributed by atoms with E-state index in [4.69, 9.17) is 9.84 Å². The summed E-state index contributed by atoms with van der Waals surface area (Å²) in [4.78, 5) is 44.5. The summed E-state index contributed by atoms with van der Waals surface area (Å²) in [6, 6.07) is -1.54. The van der Waals surface area contributed by atoms with Gasteiger partial charge in [0.05, 0.1) is 13.2 Å². The highest BCUT2D eigenvalue weighted by atomic mass is 31.2. The number of carbonyl (C=O) groups is 3. The maximum Gasteiger partial charge on any atom is 0.472 e. The number of allylic oxidation sites excluding steroid dienone is 4. The van der Waals surface area contributed by atoms with E-state index in [0.717, 1.165) is 25.7 Å². The Kier molecular flexibility index (Phi) is 29.0. The highest BCUT2D eigenvalue weighted by Crippen LogP contribution is 2.43. The average Bonchev–Trinajstić information content (AvgIpc) is 3.01. The van der Waals surface area contributed by atoms with Crippen molar-refractivity contribution < 1.29 is 47.8 Å². The van der Waals surface area contributed by atoms with Crippen LogP contribution in [0.15, 0.2) is 24.3 Å². The van der Waals surface area contributed by atoms with Crippen LogP contribution in [-0.4, -0.2) is 64.9 Å². The van der Waals surface area contributed by atoms with E-state index in [1.54, 1.807) is 6.92 Å². The molecule has 0 aromatic rings. The van der Waals surface area contributed by atoms with E-state index in [1.807, 2.05) is 0 Å². The average molecular weight is 676 g/mol. The molecule has 0 aromatic carbocycles. The molecule has 0 heterocycles. The lowest BCUT2D eigenvalue weighted by molar-refractivity contribution is -0.147. The SMILES string of the molecule is CCCCC/C=C\C/C=C\CCCCCCCCCCCCCC(=O)OCC(O)COP(=O)(O)OCC(NC(=O)CCC)C(=O)O. The van der Waals surface area contributed by atoms with Crippen LogP contribution in [0.4, 0.5) is 0 Å². The maximum absolute atomic E-state index is 12.0. The number of amides is 1. The Morgan fingerprint density at radius 1 is 0.696 bits per heavy atom. The number of hydrogen-bond donors (Lipinski definition) is 4. The molecule has 11 nitrogen and oxygen atoms in total. The van der Waals surface area contributed by atoms with Crippen LogP contribution in [0.3, 0.4) is 0 Å². The number of rotatable bonds is 32. The number of esters is 1. The first-order valence-electron chi connectivity index (χ1n) is 17.4. The van der Waals surface area contributed by atoms with E-state index < -0.39 is 57.6 Å². The minimum Gasteiger partial charge on any atom is -0.480 e. The van der Waals surface area contributed by atoms with Crippen LogP contribution in [0.25, 0.3) is 0 Å². The van der Waals surface area contributed by atoms with Crippen LogP contribution >= 0.6 is 7.82 Å². The molecule has 0 aliphatic carbocycles. The van der Waals surface area contributed by atoms with Crippen molar-refractivity contribution in [3.63, 3.8) is 0 Å². The van der Waals surface area contributed by atoms with E-state index in [2.05, 4.69) is 45.6 Å². The Hall–Kier alpha value is -2.04. The number of aliphatic hydroxyl groups is 1. The molecule has 0 radical (unpaired) electrons. The highest BCUT2D eigenvalue weighted by molar-refractivity contribution is 7.47. The summed E-state index contributed by atoms with van der Waals surface area (Å²) in [5.41, 5.74) is 0. The second-order valence-corrected chi connectivity index (χ2v) is 13.2. The van der Waals surface area contributed by atoms with Gasteiger partial charge in [-0.1, -0.05) is 109 Å². The molecule has 0 spiro atoms. The summed E-state index contributed by atoms with van der Waals surface area (Å²) in [7, 11) is -4.72. The standard InChI is InChI=1S/C34H62NO10P/c1-3-5-6-7-8-9-10-11-12-13-14-15-16-17-18-19-20-21-22-23-24-26-33(38)43-27-30(36)28-44-46(41,42)45-29-31(34(39)40)35-32(37)25-4-2/h8-9,11-12,30-31,36H,3-7,10,13-29H2,1-2H3,(H,35,37)(H,39,40)(H,41,42)/b9-8-,12-11-. The normalized spacial score (nSPS) is 14.3. The van der Waals surface area contributed by atoms with Gasteiger partial charge in [-0.3, -0.25) is 18.6 Å². The van der Waals surface area contributed by atoms with E-state index >= 15 is 0 Å². The minimum atomic E-state index is -4.72. The van der Waals surface area contributed by atoms with E-state index in [0.29, 0.717) is 12.8 Å². The Balaban J connectivity index is 3.70. The number of phosphoric ester groups is 1. The van der Waals surface area contributed by atoms with Crippen molar-refractivity contribution in [2.45, 2.75) is 154 Å². The molecule has 0 aromatic heterocycles. The van der Waals surface area contributed by atoms with Crippen LogP contribution in [0.1, 0.15) is 142 Å². The number of hydrogen-bond acceptors (Lipinski definition) is 8. The van der Waals surface area contributed by atoms with Gasteiger partial charge in [0.25, 0.3) is 0 Å². The van der Waals surface area contributed by atoms with Crippen molar-refractivity contribution in [2.75, 3.05) is 19.8 Å². The number of ether oxygens (including phenoxy) is 1. The van der Waals surface area contributed by atoms with Crippen LogP contribution in [0.5, 0.6) is 0 Å². The van der Waals surface area contributed by atoms with Crippen molar-refractivity contribution in [1.82, 2.24) is 5.32 Å². The molecule has 0 bridgehead atoms. The number of carboxylic acids is 1. The van der Waals surface area contributed by atoms with Gasteiger partial charge in [-0.25, -0.2) is 9.36 Å². The van der Waals surface area contributed by atoms with Gasteiger partial charge in [-0.2, -0.15) is 0 Å². The van der Waals surface area contributed by atoms with Crippen molar-refractivity contribution in [2.24, 2.45) is 0 Å². The Labute approximate surface area is 277 Å². The van der Waals surface area contributed by atoms with Crippen molar-refractivity contribution >= 4 is 25.7 Å². The summed E-state index contributed by atoms with van der Waals surface area (Å²) in [6.45, 7) is 2.08. The zero-order valence-electron chi connectivity index (χ0n) is 28.4. The Morgan fingerprint density at radius 2 is 1.22 bits per heavy atom. The number of nitrogens with one attached hydrogen (secondary N) is 1. The minimum absolute atomic E-state index is 0.0964. The zero-order valence-corrected chi connectivity index (χ0v) is 29.3. The molecule has 0 rings (SSSR count). The third-order valence-corrected chi connectivity index (χ3v) is 8.16. The first-order chi connectivity index (χ1) is 22.1.